The van der Waals surface area contributed by atoms with Crippen LogP contribution in [-0.4, -0.2) is 27.5 Å². The summed E-state index contributed by atoms with van der Waals surface area (Å²) < 4.78 is 26.7. The summed E-state index contributed by atoms with van der Waals surface area (Å²) in [6.07, 6.45) is 0.729. The molecule has 5 nitrogen and oxygen atoms in total. The molecule has 20 heavy (non-hydrogen) atoms. The molecule has 110 valence electrons. The molecule has 0 heterocycles. The Morgan fingerprint density at radius 2 is 2.00 bits per heavy atom. The predicted octanol–water partition coefficient (Wildman–Crippen LogP) is 1.53. The number of hydrogen-bond acceptors (Lipinski definition) is 4. The second-order valence-electron chi connectivity index (χ2n) is 4.95. The molecule has 0 unspecified atom stereocenters. The van der Waals surface area contributed by atoms with Crippen LogP contribution in [0.3, 0.4) is 0 Å². The molecule has 2 N–H and O–H groups in total. The smallest absolute Gasteiger partial charge is 0.240 e. The van der Waals surface area contributed by atoms with Crippen LogP contribution in [0.1, 0.15) is 31.4 Å². The molecular formula is C14H21N3O2S. The predicted molar refractivity (Wildman–Crippen MR) is 78.8 cm³/mol. The fraction of sp³-hybridized carbons (Fsp3) is 0.500. The SMILES string of the molecule is Cc1cc(S(=O)(=O)NCCCNC(C)C)ccc1C#N. The molecule has 1 aromatic carbocycles. The Hall–Kier alpha value is -1.42. The zero-order valence-electron chi connectivity index (χ0n) is 12.1. The molecule has 0 radical (unpaired) electrons. The number of nitrogens with one attached hydrogen (secondary N) is 2. The van der Waals surface area contributed by atoms with Crippen LogP contribution in [0.2, 0.25) is 0 Å². The highest BCUT2D eigenvalue weighted by Crippen LogP contribution is 2.14. The fourth-order valence-corrected chi connectivity index (χ4v) is 2.86. The van der Waals surface area contributed by atoms with Gasteiger partial charge in [0.05, 0.1) is 16.5 Å². The van der Waals surface area contributed by atoms with Gasteiger partial charge in [0.1, 0.15) is 0 Å². The normalized spacial score (nSPS) is 11.6. The van der Waals surface area contributed by atoms with Crippen LogP contribution >= 0.6 is 0 Å². The summed E-state index contributed by atoms with van der Waals surface area (Å²) in [5, 5.41) is 12.1. The third kappa shape index (κ3) is 4.93. The molecule has 0 atom stereocenters. The molecule has 0 saturated heterocycles. The number of benzene rings is 1. The van der Waals surface area contributed by atoms with E-state index in [2.05, 4.69) is 10.0 Å². The van der Waals surface area contributed by atoms with Gasteiger partial charge in [-0.1, -0.05) is 13.8 Å². The van der Waals surface area contributed by atoms with Crippen molar-refractivity contribution in [1.29, 1.82) is 5.26 Å². The lowest BCUT2D eigenvalue weighted by Gasteiger charge is -2.10. The zero-order chi connectivity index (χ0) is 15.2. The molecule has 1 aromatic rings. The molecule has 0 aliphatic carbocycles. The van der Waals surface area contributed by atoms with E-state index >= 15 is 0 Å². The summed E-state index contributed by atoms with van der Waals surface area (Å²) in [6, 6.07) is 6.93. The molecule has 0 amide bonds. The maximum absolute atomic E-state index is 12.1. The largest absolute Gasteiger partial charge is 0.314 e. The second-order valence-corrected chi connectivity index (χ2v) is 6.72. The average Bonchev–Trinajstić information content (AvgIpc) is 2.37. The van der Waals surface area contributed by atoms with Gasteiger partial charge in [0, 0.05) is 12.6 Å². The van der Waals surface area contributed by atoms with Crippen LogP contribution in [-0.2, 0) is 10.0 Å². The fourth-order valence-electron chi connectivity index (χ4n) is 1.70. The van der Waals surface area contributed by atoms with Gasteiger partial charge in [0.2, 0.25) is 10.0 Å². The van der Waals surface area contributed by atoms with Crippen LogP contribution in [0.15, 0.2) is 23.1 Å². The second kappa shape index (κ2) is 7.39. The van der Waals surface area contributed by atoms with Gasteiger partial charge in [-0.25, -0.2) is 13.1 Å². The van der Waals surface area contributed by atoms with E-state index in [0.29, 0.717) is 23.7 Å². The highest BCUT2D eigenvalue weighted by Gasteiger charge is 2.14. The molecule has 1 rings (SSSR count). The van der Waals surface area contributed by atoms with E-state index in [-0.39, 0.29) is 4.90 Å². The molecule has 0 bridgehead atoms. The molecule has 0 aliphatic heterocycles. The Bertz CT molecular complexity index is 589. The van der Waals surface area contributed by atoms with E-state index in [0.717, 1.165) is 13.0 Å². The van der Waals surface area contributed by atoms with E-state index in [1.165, 1.54) is 18.2 Å². The van der Waals surface area contributed by atoms with Crippen molar-refractivity contribution in [3.05, 3.63) is 29.3 Å². The van der Waals surface area contributed by atoms with E-state index in [1.807, 2.05) is 19.9 Å². The lowest BCUT2D eigenvalue weighted by Crippen LogP contribution is -2.29. The van der Waals surface area contributed by atoms with Gasteiger partial charge in [-0.3, -0.25) is 0 Å². The van der Waals surface area contributed by atoms with Crippen LogP contribution in [0.5, 0.6) is 0 Å². The lowest BCUT2D eigenvalue weighted by molar-refractivity contribution is 0.554. The average molecular weight is 295 g/mol. The maximum atomic E-state index is 12.1. The molecule has 6 heteroatoms. The summed E-state index contributed by atoms with van der Waals surface area (Å²) in [7, 11) is -3.50. The van der Waals surface area contributed by atoms with Gasteiger partial charge in [-0.05, 0) is 43.7 Å². The Kier molecular flexibility index (Phi) is 6.14. The number of hydrogen-bond donors (Lipinski definition) is 2. The number of aryl methyl sites for hydroxylation is 1. The first-order valence-corrected chi connectivity index (χ1v) is 8.09. The quantitative estimate of drug-likeness (QED) is 0.747. The van der Waals surface area contributed by atoms with E-state index in [1.54, 1.807) is 6.92 Å². The van der Waals surface area contributed by atoms with Gasteiger partial charge in [-0.2, -0.15) is 5.26 Å². The first kappa shape index (κ1) is 16.6. The van der Waals surface area contributed by atoms with Crippen molar-refractivity contribution in [2.24, 2.45) is 0 Å². The molecular weight excluding hydrogens is 274 g/mol. The minimum Gasteiger partial charge on any atom is -0.314 e. The van der Waals surface area contributed by atoms with Crippen LogP contribution in [0.4, 0.5) is 0 Å². The van der Waals surface area contributed by atoms with Gasteiger partial charge in [0.25, 0.3) is 0 Å². The summed E-state index contributed by atoms with van der Waals surface area (Å²) >= 11 is 0. The van der Waals surface area contributed by atoms with Crippen LogP contribution < -0.4 is 10.0 Å². The van der Waals surface area contributed by atoms with Gasteiger partial charge >= 0.3 is 0 Å². The number of nitriles is 1. The molecule has 0 saturated carbocycles. The number of sulfonamides is 1. The standard InChI is InChI=1S/C14H21N3O2S/c1-11(2)16-7-4-8-17-20(18,19)14-6-5-13(10-15)12(3)9-14/h5-6,9,11,16-17H,4,7-8H2,1-3H3. The highest BCUT2D eigenvalue weighted by atomic mass is 32.2. The van der Waals surface area contributed by atoms with Crippen LogP contribution in [0.25, 0.3) is 0 Å². The van der Waals surface area contributed by atoms with Crippen molar-refractivity contribution in [3.63, 3.8) is 0 Å². The first-order valence-electron chi connectivity index (χ1n) is 6.60. The van der Waals surface area contributed by atoms with Crippen molar-refractivity contribution in [2.75, 3.05) is 13.1 Å². The molecule has 0 aromatic heterocycles. The Balaban J connectivity index is 2.61. The third-order valence-corrected chi connectivity index (χ3v) is 4.29. The minimum atomic E-state index is -3.50. The highest BCUT2D eigenvalue weighted by molar-refractivity contribution is 7.89. The van der Waals surface area contributed by atoms with Gasteiger partial charge < -0.3 is 5.32 Å². The first-order chi connectivity index (χ1) is 9.36. The third-order valence-electron chi connectivity index (χ3n) is 2.83. The summed E-state index contributed by atoms with van der Waals surface area (Å²) in [6.45, 7) is 6.98. The Morgan fingerprint density at radius 3 is 2.55 bits per heavy atom. The van der Waals surface area contributed by atoms with Crippen molar-refractivity contribution in [2.45, 2.75) is 38.1 Å². The molecule has 0 spiro atoms. The topological polar surface area (TPSA) is 82.0 Å². The zero-order valence-corrected chi connectivity index (χ0v) is 12.9. The van der Waals surface area contributed by atoms with E-state index in [4.69, 9.17) is 5.26 Å². The Morgan fingerprint density at radius 1 is 1.30 bits per heavy atom. The summed E-state index contributed by atoms with van der Waals surface area (Å²) in [4.78, 5) is 0.200. The van der Waals surface area contributed by atoms with E-state index in [9.17, 15) is 8.42 Å². The maximum Gasteiger partial charge on any atom is 0.240 e. The van der Waals surface area contributed by atoms with E-state index < -0.39 is 10.0 Å². The van der Waals surface area contributed by atoms with Crippen LogP contribution in [0, 0.1) is 18.3 Å². The van der Waals surface area contributed by atoms with Gasteiger partial charge in [0.15, 0.2) is 0 Å². The van der Waals surface area contributed by atoms with Crippen molar-refractivity contribution in [1.82, 2.24) is 10.0 Å². The van der Waals surface area contributed by atoms with Crippen molar-refractivity contribution < 1.29 is 8.42 Å². The Labute approximate surface area is 121 Å². The number of rotatable bonds is 7. The molecule has 0 fully saturated rings. The molecule has 0 aliphatic rings. The monoisotopic (exact) mass is 295 g/mol. The lowest BCUT2D eigenvalue weighted by atomic mass is 10.1. The van der Waals surface area contributed by atoms with Crippen molar-refractivity contribution in [3.8, 4) is 6.07 Å². The summed E-state index contributed by atoms with van der Waals surface area (Å²) in [5.41, 5.74) is 1.15. The number of nitrogens with zero attached hydrogens (tertiary/aromatic N) is 1. The minimum absolute atomic E-state index is 0.200. The van der Waals surface area contributed by atoms with Gasteiger partial charge in [-0.15, -0.1) is 0 Å². The van der Waals surface area contributed by atoms with Crippen molar-refractivity contribution >= 4 is 10.0 Å². The summed E-state index contributed by atoms with van der Waals surface area (Å²) in [5.74, 6) is 0.